The van der Waals surface area contributed by atoms with Gasteiger partial charge in [-0.1, -0.05) is 30.5 Å². The molecule has 0 atom stereocenters. The SMILES string of the molecule is Cc1cccc(SCCCCCCO)c1. The predicted octanol–water partition coefficient (Wildman–Crippen LogP) is 3.64. The van der Waals surface area contributed by atoms with E-state index in [1.165, 1.54) is 29.1 Å². The molecule has 0 aliphatic heterocycles. The van der Waals surface area contributed by atoms with Gasteiger partial charge < -0.3 is 5.11 Å². The molecule has 0 saturated carbocycles. The minimum absolute atomic E-state index is 0.338. The number of unbranched alkanes of at least 4 members (excludes halogenated alkanes) is 3. The Hall–Kier alpha value is -0.470. The van der Waals surface area contributed by atoms with Crippen molar-refractivity contribution in [1.29, 1.82) is 0 Å². The van der Waals surface area contributed by atoms with Crippen LogP contribution in [-0.2, 0) is 0 Å². The van der Waals surface area contributed by atoms with Gasteiger partial charge in [-0.05, 0) is 37.7 Å². The van der Waals surface area contributed by atoms with Crippen molar-refractivity contribution in [2.24, 2.45) is 0 Å². The summed E-state index contributed by atoms with van der Waals surface area (Å²) in [5.41, 5.74) is 1.33. The lowest BCUT2D eigenvalue weighted by molar-refractivity contribution is 0.283. The first kappa shape index (κ1) is 12.6. The minimum atomic E-state index is 0.338. The molecule has 0 bridgehead atoms. The van der Waals surface area contributed by atoms with Crippen LogP contribution in [0.4, 0.5) is 0 Å². The van der Waals surface area contributed by atoms with Crippen LogP contribution in [-0.4, -0.2) is 17.5 Å². The zero-order valence-corrected chi connectivity index (χ0v) is 10.2. The fourth-order valence-corrected chi connectivity index (χ4v) is 2.49. The summed E-state index contributed by atoms with van der Waals surface area (Å²) >= 11 is 1.93. The van der Waals surface area contributed by atoms with Crippen molar-refractivity contribution >= 4 is 11.8 Å². The average Bonchev–Trinajstić information content (AvgIpc) is 2.23. The van der Waals surface area contributed by atoms with Gasteiger partial charge in [-0.15, -0.1) is 11.8 Å². The average molecular weight is 224 g/mol. The molecule has 2 heteroatoms. The van der Waals surface area contributed by atoms with Crippen LogP contribution in [0.3, 0.4) is 0 Å². The molecule has 15 heavy (non-hydrogen) atoms. The topological polar surface area (TPSA) is 20.2 Å². The lowest BCUT2D eigenvalue weighted by atomic mass is 10.2. The van der Waals surface area contributed by atoms with Crippen LogP contribution in [0.5, 0.6) is 0 Å². The van der Waals surface area contributed by atoms with Crippen molar-refractivity contribution in [2.45, 2.75) is 37.5 Å². The van der Waals surface area contributed by atoms with Crippen LogP contribution in [0.15, 0.2) is 29.2 Å². The summed E-state index contributed by atoms with van der Waals surface area (Å²) in [7, 11) is 0. The largest absolute Gasteiger partial charge is 0.396 e. The van der Waals surface area contributed by atoms with Crippen molar-refractivity contribution in [2.75, 3.05) is 12.4 Å². The molecule has 0 radical (unpaired) electrons. The summed E-state index contributed by atoms with van der Waals surface area (Å²) in [5.74, 6) is 1.19. The van der Waals surface area contributed by atoms with Gasteiger partial charge in [0.15, 0.2) is 0 Å². The van der Waals surface area contributed by atoms with E-state index in [0.717, 1.165) is 12.8 Å². The van der Waals surface area contributed by atoms with Crippen molar-refractivity contribution < 1.29 is 5.11 Å². The fraction of sp³-hybridized carbons (Fsp3) is 0.538. The molecule has 1 aromatic rings. The smallest absolute Gasteiger partial charge is 0.0431 e. The minimum Gasteiger partial charge on any atom is -0.396 e. The second-order valence-corrected chi connectivity index (χ2v) is 4.97. The van der Waals surface area contributed by atoms with Crippen molar-refractivity contribution in [3.8, 4) is 0 Å². The highest BCUT2D eigenvalue weighted by atomic mass is 32.2. The first-order valence-corrected chi connectivity index (χ1v) is 6.62. The second-order valence-electron chi connectivity index (χ2n) is 3.80. The van der Waals surface area contributed by atoms with Crippen molar-refractivity contribution in [3.63, 3.8) is 0 Å². The number of aliphatic hydroxyl groups is 1. The van der Waals surface area contributed by atoms with E-state index < -0.39 is 0 Å². The molecule has 0 aliphatic rings. The molecule has 84 valence electrons. The molecule has 1 N–H and O–H groups in total. The molecule has 1 nitrogen and oxygen atoms in total. The fourth-order valence-electron chi connectivity index (χ4n) is 1.46. The Kier molecular flexibility index (Phi) is 6.53. The Bertz CT molecular complexity index is 273. The lowest BCUT2D eigenvalue weighted by Crippen LogP contribution is -1.85. The molecular formula is C13H20OS. The second kappa shape index (κ2) is 7.77. The third-order valence-electron chi connectivity index (χ3n) is 2.31. The van der Waals surface area contributed by atoms with E-state index in [2.05, 4.69) is 31.2 Å². The van der Waals surface area contributed by atoms with Gasteiger partial charge in [-0.3, -0.25) is 0 Å². The first-order chi connectivity index (χ1) is 7.33. The molecular weight excluding hydrogens is 204 g/mol. The van der Waals surface area contributed by atoms with Crippen LogP contribution in [0.25, 0.3) is 0 Å². The quantitative estimate of drug-likeness (QED) is 0.563. The van der Waals surface area contributed by atoms with Crippen LogP contribution in [0.1, 0.15) is 31.2 Å². The highest BCUT2D eigenvalue weighted by Crippen LogP contribution is 2.20. The highest BCUT2D eigenvalue weighted by Gasteiger charge is 1.94. The maximum Gasteiger partial charge on any atom is 0.0431 e. The summed E-state index contributed by atoms with van der Waals surface area (Å²) in [6.45, 7) is 2.47. The van der Waals surface area contributed by atoms with Gasteiger partial charge >= 0.3 is 0 Å². The molecule has 0 amide bonds. The van der Waals surface area contributed by atoms with Gasteiger partial charge in [-0.25, -0.2) is 0 Å². The zero-order valence-electron chi connectivity index (χ0n) is 9.41. The number of rotatable bonds is 7. The molecule has 1 aromatic carbocycles. The monoisotopic (exact) mass is 224 g/mol. The highest BCUT2D eigenvalue weighted by molar-refractivity contribution is 7.99. The van der Waals surface area contributed by atoms with Gasteiger partial charge in [0.1, 0.15) is 0 Å². The van der Waals surface area contributed by atoms with E-state index >= 15 is 0 Å². The number of hydrogen-bond donors (Lipinski definition) is 1. The van der Waals surface area contributed by atoms with Crippen molar-refractivity contribution in [1.82, 2.24) is 0 Å². The van der Waals surface area contributed by atoms with Crippen LogP contribution in [0, 0.1) is 6.92 Å². The summed E-state index contributed by atoms with van der Waals surface area (Å²) in [6.07, 6.45) is 4.60. The number of benzene rings is 1. The third-order valence-corrected chi connectivity index (χ3v) is 3.39. The van der Waals surface area contributed by atoms with E-state index in [-0.39, 0.29) is 0 Å². The zero-order chi connectivity index (χ0) is 10.9. The summed E-state index contributed by atoms with van der Waals surface area (Å²) in [5, 5.41) is 8.63. The normalized spacial score (nSPS) is 10.5. The van der Waals surface area contributed by atoms with Gasteiger partial charge in [0.2, 0.25) is 0 Å². The van der Waals surface area contributed by atoms with Crippen LogP contribution < -0.4 is 0 Å². The summed E-state index contributed by atoms with van der Waals surface area (Å²) < 4.78 is 0. The van der Waals surface area contributed by atoms with Crippen molar-refractivity contribution in [3.05, 3.63) is 29.8 Å². The molecule has 0 saturated heterocycles. The van der Waals surface area contributed by atoms with E-state index in [1.807, 2.05) is 11.8 Å². The molecule has 0 aliphatic carbocycles. The molecule has 0 fully saturated rings. The first-order valence-electron chi connectivity index (χ1n) is 5.63. The van der Waals surface area contributed by atoms with Crippen LogP contribution >= 0.6 is 11.8 Å². The molecule has 0 unspecified atom stereocenters. The van der Waals surface area contributed by atoms with Gasteiger partial charge in [-0.2, -0.15) is 0 Å². The maximum absolute atomic E-state index is 8.63. The summed E-state index contributed by atoms with van der Waals surface area (Å²) in [6, 6.07) is 8.65. The number of aryl methyl sites for hydroxylation is 1. The predicted molar refractivity (Wildman–Crippen MR) is 67.5 cm³/mol. The molecule has 1 rings (SSSR count). The summed E-state index contributed by atoms with van der Waals surface area (Å²) in [4.78, 5) is 1.37. The standard InChI is InChI=1S/C13H20OS/c1-12-7-6-8-13(11-12)15-10-5-3-2-4-9-14/h6-8,11,14H,2-5,9-10H2,1H3. The van der Waals surface area contributed by atoms with E-state index in [4.69, 9.17) is 5.11 Å². The molecule has 0 aromatic heterocycles. The van der Waals surface area contributed by atoms with Gasteiger partial charge in [0, 0.05) is 11.5 Å². The number of aliphatic hydroxyl groups excluding tert-OH is 1. The molecule has 0 heterocycles. The maximum atomic E-state index is 8.63. The Morgan fingerprint density at radius 3 is 2.67 bits per heavy atom. The Morgan fingerprint density at radius 2 is 1.93 bits per heavy atom. The van der Waals surface area contributed by atoms with E-state index in [1.54, 1.807) is 0 Å². The van der Waals surface area contributed by atoms with Gasteiger partial charge in [0.25, 0.3) is 0 Å². The molecule has 0 spiro atoms. The van der Waals surface area contributed by atoms with E-state index in [0.29, 0.717) is 6.61 Å². The Morgan fingerprint density at radius 1 is 1.13 bits per heavy atom. The van der Waals surface area contributed by atoms with Gasteiger partial charge in [0.05, 0.1) is 0 Å². The van der Waals surface area contributed by atoms with Crippen LogP contribution in [0.2, 0.25) is 0 Å². The van der Waals surface area contributed by atoms with E-state index in [9.17, 15) is 0 Å². The Balaban J connectivity index is 2.10. The lowest BCUT2D eigenvalue weighted by Gasteiger charge is -2.02. The number of hydrogen-bond acceptors (Lipinski definition) is 2. The Labute approximate surface area is 96.9 Å². The number of thioether (sulfide) groups is 1. The third kappa shape index (κ3) is 5.85.